The monoisotopic (exact) mass is 647 g/mol. The maximum absolute atomic E-state index is 13.3. The number of carbonyl (C=O) groups is 3. The number of halogens is 3. The van der Waals surface area contributed by atoms with Gasteiger partial charge in [-0.05, 0) is 89.3 Å². The lowest BCUT2D eigenvalue weighted by molar-refractivity contribution is -0.137. The lowest BCUT2D eigenvalue weighted by Crippen LogP contribution is -2.47. The molecule has 0 aromatic heterocycles. The first kappa shape index (κ1) is 35.2. The molecule has 0 aliphatic carbocycles. The van der Waals surface area contributed by atoms with Gasteiger partial charge < -0.3 is 19.1 Å². The maximum Gasteiger partial charge on any atom is 0.426 e. The topological polar surface area (TPSA) is 88.6 Å². The van der Waals surface area contributed by atoms with Crippen LogP contribution in [-0.2, 0) is 38.0 Å². The van der Waals surface area contributed by atoms with E-state index in [1.54, 1.807) is 53.7 Å². The van der Waals surface area contributed by atoms with Gasteiger partial charge in [-0.2, -0.15) is 13.2 Å². The molecule has 2 aliphatic heterocycles. The first-order chi connectivity index (χ1) is 21.4. The predicted molar refractivity (Wildman–Crippen MR) is 167 cm³/mol. The summed E-state index contributed by atoms with van der Waals surface area (Å²) >= 11 is 0. The highest BCUT2D eigenvalue weighted by Crippen LogP contribution is 2.33. The summed E-state index contributed by atoms with van der Waals surface area (Å²) in [6.07, 6.45) is -5.50. The molecule has 0 radical (unpaired) electrons. The molecule has 2 aromatic carbocycles. The number of alkyl halides is 3. The van der Waals surface area contributed by atoms with Gasteiger partial charge in [-0.3, -0.25) is 9.69 Å². The summed E-state index contributed by atoms with van der Waals surface area (Å²) in [6.45, 7) is 13.9. The molecule has 1 atom stereocenters. The number of nitrogens with zero attached hydrogens (tertiary/aromatic N) is 3. The molecule has 1 fully saturated rings. The van der Waals surface area contributed by atoms with Crippen molar-refractivity contribution in [3.8, 4) is 0 Å². The standard InChI is InChI=1S/C34H44F3N3O6/c1-32(2,3)45-30(42)40(31(43)46-33(4,5)6)29(41)21-23-10-11-27-24(20-23)13-19-44-28(27)12-14-38-15-17-39(18-16-38)26-9-7-8-25(22-26)34(35,36)37/h7-11,20,22,28H,12-19,21H2,1-6H3. The smallest absolute Gasteiger partial charge is 0.426 e. The molecule has 2 aromatic rings. The van der Waals surface area contributed by atoms with E-state index in [4.69, 9.17) is 14.2 Å². The molecule has 0 spiro atoms. The average molecular weight is 648 g/mol. The summed E-state index contributed by atoms with van der Waals surface area (Å²) in [5, 5.41) is 0. The molecule has 2 heterocycles. The van der Waals surface area contributed by atoms with Gasteiger partial charge in [0, 0.05) is 38.4 Å². The molecular weight excluding hydrogens is 603 g/mol. The number of hydrogen-bond acceptors (Lipinski definition) is 8. The van der Waals surface area contributed by atoms with E-state index in [1.165, 1.54) is 12.1 Å². The number of rotatable bonds is 6. The van der Waals surface area contributed by atoms with Crippen molar-refractivity contribution < 1.29 is 41.8 Å². The van der Waals surface area contributed by atoms with E-state index >= 15 is 0 Å². The van der Waals surface area contributed by atoms with Gasteiger partial charge in [0.1, 0.15) is 11.2 Å². The lowest BCUT2D eigenvalue weighted by atomic mass is 9.93. The predicted octanol–water partition coefficient (Wildman–Crippen LogP) is 6.77. The number of ether oxygens (including phenoxy) is 3. The highest BCUT2D eigenvalue weighted by atomic mass is 19.4. The van der Waals surface area contributed by atoms with Crippen LogP contribution in [0.5, 0.6) is 0 Å². The van der Waals surface area contributed by atoms with Gasteiger partial charge in [0.25, 0.3) is 0 Å². The minimum Gasteiger partial charge on any atom is -0.443 e. The Bertz CT molecular complexity index is 1380. The number of imide groups is 3. The molecule has 1 saturated heterocycles. The molecule has 2 aliphatic rings. The van der Waals surface area contributed by atoms with Crippen LogP contribution in [0.2, 0.25) is 0 Å². The fourth-order valence-corrected chi connectivity index (χ4v) is 5.49. The largest absolute Gasteiger partial charge is 0.443 e. The fraction of sp³-hybridized carbons (Fsp3) is 0.559. The van der Waals surface area contributed by atoms with Crippen molar-refractivity contribution in [3.63, 3.8) is 0 Å². The van der Waals surface area contributed by atoms with Gasteiger partial charge in [-0.15, -0.1) is 4.90 Å². The number of anilines is 1. The molecule has 252 valence electrons. The quantitative estimate of drug-likeness (QED) is 0.340. The average Bonchev–Trinajstić information content (AvgIpc) is 2.94. The first-order valence-electron chi connectivity index (χ1n) is 15.6. The Hall–Kier alpha value is -3.64. The van der Waals surface area contributed by atoms with Crippen LogP contribution in [0.25, 0.3) is 0 Å². The molecule has 9 nitrogen and oxygen atoms in total. The second-order valence-corrected chi connectivity index (χ2v) is 13.7. The van der Waals surface area contributed by atoms with E-state index in [0.717, 1.165) is 43.2 Å². The van der Waals surface area contributed by atoms with Crippen LogP contribution < -0.4 is 4.90 Å². The van der Waals surface area contributed by atoms with Crippen LogP contribution >= 0.6 is 0 Å². The Balaban J connectivity index is 1.36. The third-order valence-corrected chi connectivity index (χ3v) is 7.62. The van der Waals surface area contributed by atoms with E-state index in [0.29, 0.717) is 42.3 Å². The van der Waals surface area contributed by atoms with Crippen molar-refractivity contribution in [2.24, 2.45) is 0 Å². The molecule has 4 rings (SSSR count). The van der Waals surface area contributed by atoms with Crippen LogP contribution in [0.1, 0.15) is 76.3 Å². The fourth-order valence-electron chi connectivity index (χ4n) is 5.49. The van der Waals surface area contributed by atoms with Crippen molar-refractivity contribution in [2.75, 3.05) is 44.2 Å². The summed E-state index contributed by atoms with van der Waals surface area (Å²) < 4.78 is 56.2. The van der Waals surface area contributed by atoms with Crippen LogP contribution in [0, 0.1) is 0 Å². The zero-order chi connectivity index (χ0) is 33.9. The van der Waals surface area contributed by atoms with Crippen molar-refractivity contribution in [1.82, 2.24) is 9.80 Å². The Morgan fingerprint density at radius 3 is 2.11 bits per heavy atom. The number of hydrogen-bond donors (Lipinski definition) is 0. The van der Waals surface area contributed by atoms with Crippen LogP contribution in [0.4, 0.5) is 28.4 Å². The first-order valence-corrected chi connectivity index (χ1v) is 15.6. The van der Waals surface area contributed by atoms with Gasteiger partial charge in [-0.1, -0.05) is 24.3 Å². The molecule has 0 bridgehead atoms. The Labute approximate surface area is 268 Å². The Morgan fingerprint density at radius 2 is 1.52 bits per heavy atom. The highest BCUT2D eigenvalue weighted by molar-refractivity contribution is 6.07. The number of piperazine rings is 1. The molecule has 12 heteroatoms. The second kappa shape index (κ2) is 14.0. The number of fused-ring (bicyclic) bond motifs is 1. The molecule has 1 unspecified atom stereocenters. The molecule has 46 heavy (non-hydrogen) atoms. The van der Waals surface area contributed by atoms with Crippen molar-refractivity contribution in [2.45, 2.75) is 84.3 Å². The van der Waals surface area contributed by atoms with E-state index in [2.05, 4.69) is 4.90 Å². The highest BCUT2D eigenvalue weighted by Gasteiger charge is 2.36. The number of benzene rings is 2. The SMILES string of the molecule is CC(C)(C)OC(=O)N(C(=O)Cc1ccc2c(c1)CCOC2CCN1CCN(c2cccc(C(F)(F)F)c2)CC1)C(=O)OC(C)(C)C. The van der Waals surface area contributed by atoms with Gasteiger partial charge in [-0.25, -0.2) is 9.59 Å². The van der Waals surface area contributed by atoms with Gasteiger partial charge in [0.2, 0.25) is 5.91 Å². The second-order valence-electron chi connectivity index (χ2n) is 13.7. The molecule has 3 amide bonds. The van der Waals surface area contributed by atoms with E-state index in [1.807, 2.05) is 17.0 Å². The molecular formula is C34H44F3N3O6. The maximum atomic E-state index is 13.3. The minimum absolute atomic E-state index is 0.143. The third kappa shape index (κ3) is 9.68. The summed E-state index contributed by atoms with van der Waals surface area (Å²) in [7, 11) is 0. The summed E-state index contributed by atoms with van der Waals surface area (Å²) in [6, 6.07) is 11.1. The summed E-state index contributed by atoms with van der Waals surface area (Å²) in [5.41, 5.74) is 0.805. The van der Waals surface area contributed by atoms with Crippen LogP contribution in [0.3, 0.4) is 0 Å². The number of amides is 3. The van der Waals surface area contributed by atoms with Crippen LogP contribution in [0.15, 0.2) is 42.5 Å². The zero-order valence-electron chi connectivity index (χ0n) is 27.4. The normalized spacial score (nSPS) is 17.7. The molecule has 0 saturated carbocycles. The minimum atomic E-state index is -4.37. The third-order valence-electron chi connectivity index (χ3n) is 7.62. The van der Waals surface area contributed by atoms with Gasteiger partial charge in [0.15, 0.2) is 0 Å². The van der Waals surface area contributed by atoms with Gasteiger partial charge >= 0.3 is 18.4 Å². The van der Waals surface area contributed by atoms with Gasteiger partial charge in [0.05, 0.1) is 24.7 Å². The summed E-state index contributed by atoms with van der Waals surface area (Å²) in [5.74, 6) is -0.753. The van der Waals surface area contributed by atoms with Crippen molar-refractivity contribution in [1.29, 1.82) is 0 Å². The Morgan fingerprint density at radius 1 is 0.891 bits per heavy atom. The van der Waals surface area contributed by atoms with Crippen LogP contribution in [-0.4, -0.2) is 78.4 Å². The number of carbonyl (C=O) groups excluding carboxylic acids is 3. The summed E-state index contributed by atoms with van der Waals surface area (Å²) in [4.78, 5) is 43.7. The van der Waals surface area contributed by atoms with Crippen molar-refractivity contribution in [3.05, 3.63) is 64.7 Å². The van der Waals surface area contributed by atoms with Crippen molar-refractivity contribution >= 4 is 23.8 Å². The van der Waals surface area contributed by atoms with E-state index in [9.17, 15) is 27.6 Å². The molecule has 0 N–H and O–H groups in total. The Kier molecular flexibility index (Phi) is 10.7. The van der Waals surface area contributed by atoms with E-state index < -0.39 is 41.0 Å². The van der Waals surface area contributed by atoms with E-state index in [-0.39, 0.29) is 12.5 Å². The lowest BCUT2D eigenvalue weighted by Gasteiger charge is -2.37. The zero-order valence-corrected chi connectivity index (χ0v) is 27.4.